The number of rotatable bonds is 6. The molecule has 174 valence electrons. The summed E-state index contributed by atoms with van der Waals surface area (Å²) in [7, 11) is 1.58. The third-order valence-electron chi connectivity index (χ3n) is 7.33. The first-order chi connectivity index (χ1) is 15.2. The van der Waals surface area contributed by atoms with E-state index in [-0.39, 0.29) is 34.4 Å². The summed E-state index contributed by atoms with van der Waals surface area (Å²) < 4.78 is -0.712. The van der Waals surface area contributed by atoms with Gasteiger partial charge in [-0.15, -0.1) is 11.8 Å². The van der Waals surface area contributed by atoms with Crippen molar-refractivity contribution < 1.29 is 19.5 Å². The molecule has 3 fully saturated rings. The quantitative estimate of drug-likeness (QED) is 0.496. The van der Waals surface area contributed by atoms with Gasteiger partial charge < -0.3 is 20.6 Å². The molecule has 7 atom stereocenters. The fourth-order valence-corrected chi connectivity index (χ4v) is 9.44. The molecule has 2 bridgehead atoms. The average Bonchev–Trinajstić information content (AvgIpc) is 3.35. The van der Waals surface area contributed by atoms with Crippen LogP contribution in [0.4, 0.5) is 5.69 Å². The van der Waals surface area contributed by atoms with E-state index in [1.54, 1.807) is 23.7 Å². The van der Waals surface area contributed by atoms with Crippen molar-refractivity contribution in [3.8, 4) is 0 Å². The second-order valence-corrected chi connectivity index (χ2v) is 11.7. The van der Waals surface area contributed by atoms with Crippen LogP contribution in [-0.2, 0) is 14.4 Å². The zero-order chi connectivity index (χ0) is 23.4. The second-order valence-electron chi connectivity index (χ2n) is 9.02. The van der Waals surface area contributed by atoms with Gasteiger partial charge >= 0.3 is 0 Å². The van der Waals surface area contributed by atoms with Crippen LogP contribution in [0.15, 0.2) is 18.2 Å². The minimum Gasteiger partial charge on any atom is -0.394 e. The average molecular weight is 524 g/mol. The van der Waals surface area contributed by atoms with Gasteiger partial charge in [-0.1, -0.05) is 41.1 Å². The van der Waals surface area contributed by atoms with Gasteiger partial charge in [-0.05, 0) is 37.8 Å². The van der Waals surface area contributed by atoms with E-state index in [2.05, 4.69) is 26.6 Å². The Morgan fingerprint density at radius 1 is 1.31 bits per heavy atom. The monoisotopic (exact) mass is 523 g/mol. The lowest BCUT2D eigenvalue weighted by molar-refractivity contribution is -0.142. The van der Waals surface area contributed by atoms with Crippen molar-refractivity contribution in [1.29, 1.82) is 0 Å². The fourth-order valence-electron chi connectivity index (χ4n) is 5.84. The van der Waals surface area contributed by atoms with E-state index in [4.69, 9.17) is 0 Å². The van der Waals surface area contributed by atoms with E-state index in [9.17, 15) is 19.5 Å². The van der Waals surface area contributed by atoms with E-state index in [1.165, 1.54) is 0 Å². The highest BCUT2D eigenvalue weighted by molar-refractivity contribution is 9.09. The number of hydrogen-bond donors (Lipinski definition) is 3. The highest BCUT2D eigenvalue weighted by atomic mass is 79.9. The Balaban J connectivity index is 1.80. The predicted molar refractivity (Wildman–Crippen MR) is 129 cm³/mol. The van der Waals surface area contributed by atoms with Gasteiger partial charge in [-0.3, -0.25) is 14.4 Å². The lowest BCUT2D eigenvalue weighted by atomic mass is 9.70. The van der Waals surface area contributed by atoms with Crippen LogP contribution >= 0.6 is 27.7 Å². The number of halogens is 1. The van der Waals surface area contributed by atoms with E-state index < -0.39 is 28.7 Å². The summed E-state index contributed by atoms with van der Waals surface area (Å²) in [5, 5.41) is 15.8. The summed E-state index contributed by atoms with van der Waals surface area (Å²) in [5.74, 6) is -1.71. The summed E-state index contributed by atoms with van der Waals surface area (Å²) in [6.45, 7) is 5.55. The molecule has 3 unspecified atom stereocenters. The van der Waals surface area contributed by atoms with Crippen molar-refractivity contribution in [2.75, 3.05) is 19.0 Å². The van der Waals surface area contributed by atoms with Crippen LogP contribution in [0.3, 0.4) is 0 Å². The lowest BCUT2D eigenvalue weighted by Gasteiger charge is -2.37. The fraction of sp³-hybridized carbons (Fsp3) is 0.609. The van der Waals surface area contributed by atoms with Gasteiger partial charge in [0.1, 0.15) is 6.04 Å². The Labute approximate surface area is 201 Å². The van der Waals surface area contributed by atoms with Crippen LogP contribution in [0.25, 0.3) is 0 Å². The number of fused-ring (bicyclic) bond motifs is 1. The third kappa shape index (κ3) is 3.30. The number of aryl methyl sites for hydroxylation is 2. The van der Waals surface area contributed by atoms with Crippen LogP contribution in [-0.4, -0.2) is 68.3 Å². The summed E-state index contributed by atoms with van der Waals surface area (Å²) in [6, 6.07) is 4.58. The number of alkyl halides is 1. The van der Waals surface area contributed by atoms with Crippen LogP contribution < -0.4 is 10.6 Å². The molecule has 0 aromatic heterocycles. The number of nitrogens with zero attached hydrogens (tertiary/aromatic N) is 1. The largest absolute Gasteiger partial charge is 0.394 e. The molecule has 0 saturated carbocycles. The number of thioether (sulfide) groups is 1. The van der Waals surface area contributed by atoms with Gasteiger partial charge in [0, 0.05) is 22.8 Å². The van der Waals surface area contributed by atoms with E-state index in [0.29, 0.717) is 12.8 Å². The second kappa shape index (κ2) is 8.65. The smallest absolute Gasteiger partial charge is 0.248 e. The maximum absolute atomic E-state index is 13.9. The summed E-state index contributed by atoms with van der Waals surface area (Å²) in [4.78, 5) is 42.1. The number of carbonyl (C=O) groups excluding carboxylic acids is 3. The molecule has 0 radical (unpaired) electrons. The normalized spacial score (nSPS) is 33.9. The molecule has 9 heteroatoms. The van der Waals surface area contributed by atoms with Crippen LogP contribution in [0.5, 0.6) is 0 Å². The first kappa shape index (κ1) is 23.6. The molecular weight excluding hydrogens is 494 g/mol. The molecule has 3 saturated heterocycles. The molecule has 3 aliphatic rings. The van der Waals surface area contributed by atoms with Gasteiger partial charge in [0.05, 0.1) is 29.2 Å². The summed E-state index contributed by atoms with van der Waals surface area (Å²) >= 11 is 5.33. The number of hydrogen-bond acceptors (Lipinski definition) is 5. The van der Waals surface area contributed by atoms with Gasteiger partial charge in [0.15, 0.2) is 0 Å². The number of likely N-dealkylation sites (tertiary alicyclic amines) is 1. The molecular formula is C23H30BrN3O4S. The van der Waals surface area contributed by atoms with E-state index in [1.807, 2.05) is 39.0 Å². The van der Waals surface area contributed by atoms with Gasteiger partial charge in [0.25, 0.3) is 0 Å². The predicted octanol–water partition coefficient (Wildman–Crippen LogP) is 2.22. The van der Waals surface area contributed by atoms with Crippen LogP contribution in [0.1, 0.15) is 30.9 Å². The molecule has 32 heavy (non-hydrogen) atoms. The van der Waals surface area contributed by atoms with E-state index in [0.717, 1.165) is 16.8 Å². The van der Waals surface area contributed by atoms with Crippen molar-refractivity contribution in [1.82, 2.24) is 10.2 Å². The highest BCUT2D eigenvalue weighted by Crippen LogP contribution is 2.68. The number of anilines is 1. The summed E-state index contributed by atoms with van der Waals surface area (Å²) in [6.07, 6.45) is 1.14. The molecule has 3 N–H and O–H groups in total. The number of nitrogens with one attached hydrogen (secondary N) is 2. The molecule has 3 amide bonds. The molecule has 4 rings (SSSR count). The van der Waals surface area contributed by atoms with Crippen LogP contribution in [0.2, 0.25) is 0 Å². The molecule has 1 aromatic rings. The van der Waals surface area contributed by atoms with Crippen molar-refractivity contribution in [3.05, 3.63) is 29.3 Å². The standard InChI is InChI=1S/C23H30BrN3O4S/c1-5-13(10-28)27-19(21(30)26-17-11(2)7-6-8-12(17)3)23-9-14(24)18(32-23)15(20(29)25-4)16(23)22(27)31/h6-8,13-16,18-19,28H,5,9-10H2,1-4H3,(H,25,29)(H,26,30)/t13-,14?,15+,16-,18+,19?,23?/m0/s1. The van der Waals surface area contributed by atoms with Gasteiger partial charge in [-0.25, -0.2) is 0 Å². The van der Waals surface area contributed by atoms with Crippen molar-refractivity contribution in [2.24, 2.45) is 11.8 Å². The first-order valence-electron chi connectivity index (χ1n) is 11.0. The number of benzene rings is 1. The van der Waals surface area contributed by atoms with Crippen molar-refractivity contribution >= 4 is 51.1 Å². The minimum absolute atomic E-state index is 0.0310. The molecule has 0 aliphatic carbocycles. The van der Waals surface area contributed by atoms with Gasteiger partial charge in [-0.2, -0.15) is 0 Å². The Bertz CT molecular complexity index is 935. The van der Waals surface area contributed by atoms with Crippen molar-refractivity contribution in [2.45, 2.75) is 60.5 Å². The number of para-hydroxylation sites is 1. The molecule has 3 aliphatic heterocycles. The number of aliphatic hydroxyl groups is 1. The van der Waals surface area contributed by atoms with Crippen LogP contribution in [0, 0.1) is 25.7 Å². The Kier molecular flexibility index (Phi) is 6.37. The Hall–Kier alpha value is -1.58. The third-order valence-corrected chi connectivity index (χ3v) is 10.5. The first-order valence-corrected chi connectivity index (χ1v) is 12.8. The minimum atomic E-state index is -0.763. The lowest BCUT2D eigenvalue weighted by Crippen LogP contribution is -2.55. The Morgan fingerprint density at radius 3 is 2.53 bits per heavy atom. The maximum Gasteiger partial charge on any atom is 0.248 e. The van der Waals surface area contributed by atoms with Gasteiger partial charge in [0.2, 0.25) is 17.7 Å². The SMILES string of the molecule is CC[C@@H](CO)N1C(=O)[C@@H]2[C@@H](C(=O)NC)[C@@H]3SC2(CC3Br)C1C(=O)Nc1c(C)cccc1C. The topological polar surface area (TPSA) is 98.7 Å². The molecule has 1 spiro atoms. The highest BCUT2D eigenvalue weighted by Gasteiger charge is 2.76. The molecule has 1 aromatic carbocycles. The molecule has 3 heterocycles. The number of aliphatic hydroxyl groups excluding tert-OH is 1. The number of carbonyl (C=O) groups is 3. The maximum atomic E-state index is 13.9. The van der Waals surface area contributed by atoms with E-state index >= 15 is 0 Å². The zero-order valence-electron chi connectivity index (χ0n) is 18.7. The van der Waals surface area contributed by atoms with Crippen molar-refractivity contribution in [3.63, 3.8) is 0 Å². The zero-order valence-corrected chi connectivity index (χ0v) is 21.1. The summed E-state index contributed by atoms with van der Waals surface area (Å²) in [5.41, 5.74) is 2.64. The Morgan fingerprint density at radius 2 is 1.97 bits per heavy atom. The number of amides is 3. The molecule has 7 nitrogen and oxygen atoms in total.